The molecule has 0 spiro atoms. The molecule has 0 aliphatic rings. The smallest absolute Gasteiger partial charge is 0.357 e. The fourth-order valence-corrected chi connectivity index (χ4v) is 3.04. The lowest BCUT2D eigenvalue weighted by Crippen LogP contribution is -2.42. The van der Waals surface area contributed by atoms with Crippen molar-refractivity contribution in [3.05, 3.63) is 52.0 Å². The Kier molecular flexibility index (Phi) is 10.1. The van der Waals surface area contributed by atoms with Crippen molar-refractivity contribution in [1.29, 1.82) is 0 Å². The van der Waals surface area contributed by atoms with Gasteiger partial charge in [0, 0.05) is 18.0 Å². The van der Waals surface area contributed by atoms with Crippen molar-refractivity contribution >= 4 is 41.3 Å². The molecule has 27 heavy (non-hydrogen) atoms. The molecule has 0 bridgehead atoms. The molecule has 0 amide bonds. The van der Waals surface area contributed by atoms with Gasteiger partial charge in [-0.25, -0.2) is 9.98 Å². The molecule has 0 fully saturated rings. The molecule has 1 aromatic carbocycles. The lowest BCUT2D eigenvalue weighted by molar-refractivity contribution is -0.140. The largest absolute Gasteiger partial charge is 0.434 e. The Morgan fingerprint density at radius 1 is 1.26 bits per heavy atom. The fourth-order valence-electron chi connectivity index (χ4n) is 2.31. The Hall–Kier alpha value is -1.36. The molecule has 2 rings (SSSR count). The number of nitrogens with one attached hydrogen (secondary N) is 2. The third kappa shape index (κ3) is 8.46. The van der Waals surface area contributed by atoms with E-state index in [-0.39, 0.29) is 36.6 Å². The van der Waals surface area contributed by atoms with E-state index in [0.29, 0.717) is 17.5 Å². The molecule has 1 unspecified atom stereocenters. The summed E-state index contributed by atoms with van der Waals surface area (Å²) in [6.07, 6.45) is -2.55. The third-order valence-electron chi connectivity index (χ3n) is 3.65. The van der Waals surface area contributed by atoms with Crippen molar-refractivity contribution in [1.82, 2.24) is 15.6 Å². The minimum atomic E-state index is -4.41. The Bertz CT molecular complexity index is 704. The molecule has 1 aromatic heterocycles. The first-order valence-corrected chi connectivity index (χ1v) is 9.36. The van der Waals surface area contributed by atoms with Crippen LogP contribution in [0.1, 0.15) is 36.5 Å². The summed E-state index contributed by atoms with van der Waals surface area (Å²) >= 11 is 0.969. The van der Waals surface area contributed by atoms with Crippen LogP contribution in [0.5, 0.6) is 0 Å². The molecule has 0 aliphatic heterocycles. The zero-order chi connectivity index (χ0) is 19.0. The summed E-state index contributed by atoms with van der Waals surface area (Å²) in [5, 5.41) is 7.76. The SMILES string of the molecule is CCNC(=NCc1nc(C(F)(F)F)cs1)NC(C)CCc1ccccc1.I. The summed E-state index contributed by atoms with van der Waals surface area (Å²) in [5.41, 5.74) is 0.410. The van der Waals surface area contributed by atoms with Crippen molar-refractivity contribution in [2.24, 2.45) is 4.99 Å². The van der Waals surface area contributed by atoms with Crippen LogP contribution in [-0.4, -0.2) is 23.5 Å². The van der Waals surface area contributed by atoms with E-state index >= 15 is 0 Å². The number of nitrogens with zero attached hydrogens (tertiary/aromatic N) is 2. The van der Waals surface area contributed by atoms with Crippen LogP contribution in [-0.2, 0) is 19.1 Å². The first kappa shape index (κ1) is 23.7. The molecule has 0 radical (unpaired) electrons. The lowest BCUT2D eigenvalue weighted by atomic mass is 10.1. The average molecular weight is 512 g/mol. The van der Waals surface area contributed by atoms with Gasteiger partial charge in [-0.1, -0.05) is 30.3 Å². The second-order valence-electron chi connectivity index (χ2n) is 5.89. The topological polar surface area (TPSA) is 49.3 Å². The first-order chi connectivity index (χ1) is 12.4. The van der Waals surface area contributed by atoms with Gasteiger partial charge in [0.1, 0.15) is 5.01 Å². The van der Waals surface area contributed by atoms with E-state index in [1.54, 1.807) is 0 Å². The van der Waals surface area contributed by atoms with Crippen LogP contribution in [0.15, 0.2) is 40.7 Å². The van der Waals surface area contributed by atoms with Crippen molar-refractivity contribution in [3.8, 4) is 0 Å². The van der Waals surface area contributed by atoms with Crippen molar-refractivity contribution in [2.45, 2.75) is 45.5 Å². The van der Waals surface area contributed by atoms with Gasteiger partial charge in [-0.15, -0.1) is 35.3 Å². The van der Waals surface area contributed by atoms with Crippen LogP contribution in [0.2, 0.25) is 0 Å². The number of hydrogen-bond donors (Lipinski definition) is 2. The molecule has 1 heterocycles. The van der Waals surface area contributed by atoms with Crippen molar-refractivity contribution in [2.75, 3.05) is 6.54 Å². The van der Waals surface area contributed by atoms with Gasteiger partial charge in [0.25, 0.3) is 0 Å². The number of aromatic nitrogens is 1. The Labute approximate surface area is 178 Å². The Morgan fingerprint density at radius 2 is 1.96 bits per heavy atom. The third-order valence-corrected chi connectivity index (χ3v) is 4.48. The number of thiazole rings is 1. The molecular formula is C18H24F3IN4S. The quantitative estimate of drug-likeness (QED) is 0.317. The predicted octanol–water partition coefficient (Wildman–Crippen LogP) is 4.86. The first-order valence-electron chi connectivity index (χ1n) is 8.49. The van der Waals surface area contributed by atoms with E-state index in [1.165, 1.54) is 5.56 Å². The minimum Gasteiger partial charge on any atom is -0.357 e. The summed E-state index contributed by atoms with van der Waals surface area (Å²) in [6, 6.07) is 10.4. The second-order valence-corrected chi connectivity index (χ2v) is 6.83. The van der Waals surface area contributed by atoms with Crippen molar-refractivity contribution < 1.29 is 13.2 Å². The number of halogens is 4. The summed E-state index contributed by atoms with van der Waals surface area (Å²) in [4.78, 5) is 7.95. The number of benzene rings is 1. The Balaban J connectivity index is 0.00000364. The molecule has 9 heteroatoms. The molecule has 2 N–H and O–H groups in total. The standard InChI is InChI=1S/C18H23F3N4S.HI/c1-3-22-17(23-11-16-25-15(12-26-16)18(19,20)21)24-13(2)9-10-14-7-5-4-6-8-14;/h4-8,12-13H,3,9-11H2,1-2H3,(H2,22,23,24);1H. The van der Waals surface area contributed by atoms with Gasteiger partial charge >= 0.3 is 6.18 Å². The lowest BCUT2D eigenvalue weighted by Gasteiger charge is -2.17. The molecule has 1 atom stereocenters. The maximum absolute atomic E-state index is 12.6. The number of alkyl halides is 3. The van der Waals surface area contributed by atoms with E-state index in [4.69, 9.17) is 0 Å². The van der Waals surface area contributed by atoms with Crippen LogP contribution >= 0.6 is 35.3 Å². The average Bonchev–Trinajstić information content (AvgIpc) is 3.08. The van der Waals surface area contributed by atoms with Crippen LogP contribution in [0.25, 0.3) is 0 Å². The molecular weight excluding hydrogens is 488 g/mol. The molecule has 4 nitrogen and oxygen atoms in total. The number of aliphatic imine (C=N–C) groups is 1. The highest BCUT2D eigenvalue weighted by molar-refractivity contribution is 14.0. The van der Waals surface area contributed by atoms with E-state index in [9.17, 15) is 13.2 Å². The minimum absolute atomic E-state index is 0. The van der Waals surface area contributed by atoms with Gasteiger partial charge in [0.15, 0.2) is 11.7 Å². The van der Waals surface area contributed by atoms with Crippen LogP contribution in [0.4, 0.5) is 13.2 Å². The maximum atomic E-state index is 12.6. The van der Waals surface area contributed by atoms with Gasteiger partial charge in [0.2, 0.25) is 0 Å². The fraction of sp³-hybridized carbons (Fsp3) is 0.444. The maximum Gasteiger partial charge on any atom is 0.434 e. The van der Waals surface area contributed by atoms with E-state index in [0.717, 1.165) is 29.6 Å². The normalized spacial score (nSPS) is 13.0. The highest BCUT2D eigenvalue weighted by Crippen LogP contribution is 2.30. The van der Waals surface area contributed by atoms with Gasteiger partial charge in [-0.2, -0.15) is 13.2 Å². The number of hydrogen-bond acceptors (Lipinski definition) is 3. The zero-order valence-corrected chi connectivity index (χ0v) is 18.4. The predicted molar refractivity (Wildman–Crippen MR) is 115 cm³/mol. The molecule has 0 saturated carbocycles. The van der Waals surface area contributed by atoms with Gasteiger partial charge in [-0.05, 0) is 32.3 Å². The molecule has 0 aliphatic carbocycles. The van der Waals surface area contributed by atoms with Crippen LogP contribution in [0.3, 0.4) is 0 Å². The van der Waals surface area contributed by atoms with Crippen LogP contribution in [0, 0.1) is 0 Å². The molecule has 2 aromatic rings. The summed E-state index contributed by atoms with van der Waals surface area (Å²) in [6.45, 7) is 4.78. The van der Waals surface area contributed by atoms with Crippen molar-refractivity contribution in [3.63, 3.8) is 0 Å². The summed E-state index contributed by atoms with van der Waals surface area (Å²) < 4.78 is 37.8. The van der Waals surface area contributed by atoms with Gasteiger partial charge in [-0.3, -0.25) is 0 Å². The highest BCUT2D eigenvalue weighted by atomic mass is 127. The molecule has 150 valence electrons. The van der Waals surface area contributed by atoms with E-state index < -0.39 is 11.9 Å². The van der Waals surface area contributed by atoms with Gasteiger partial charge in [0.05, 0.1) is 6.54 Å². The summed E-state index contributed by atoms with van der Waals surface area (Å²) in [5.74, 6) is 0.580. The zero-order valence-electron chi connectivity index (χ0n) is 15.2. The number of rotatable bonds is 7. The second kappa shape index (κ2) is 11.5. The summed E-state index contributed by atoms with van der Waals surface area (Å²) in [7, 11) is 0. The Morgan fingerprint density at radius 3 is 2.56 bits per heavy atom. The number of guanidine groups is 1. The van der Waals surface area contributed by atoms with Gasteiger partial charge < -0.3 is 10.6 Å². The van der Waals surface area contributed by atoms with E-state index in [2.05, 4.69) is 39.7 Å². The van der Waals surface area contributed by atoms with E-state index in [1.807, 2.05) is 25.1 Å². The monoisotopic (exact) mass is 512 g/mol. The number of aryl methyl sites for hydroxylation is 1. The highest BCUT2D eigenvalue weighted by Gasteiger charge is 2.33. The van der Waals surface area contributed by atoms with Crippen LogP contribution < -0.4 is 10.6 Å². The molecule has 0 saturated heterocycles.